The zero-order chi connectivity index (χ0) is 15.5. The summed E-state index contributed by atoms with van der Waals surface area (Å²) in [6, 6.07) is 9.65. The minimum atomic E-state index is -0.128. The fourth-order valence-corrected chi connectivity index (χ4v) is 2.50. The monoisotopic (exact) mass is 299 g/mol. The highest BCUT2D eigenvalue weighted by molar-refractivity contribution is 5.92. The maximum atomic E-state index is 12.2. The van der Waals surface area contributed by atoms with Gasteiger partial charge in [0.2, 0.25) is 0 Å². The second kappa shape index (κ2) is 6.22. The molecular weight excluding hydrogens is 278 g/mol. The van der Waals surface area contributed by atoms with Crippen LogP contribution in [0.25, 0.3) is 0 Å². The number of aryl methyl sites for hydroxylation is 1. The molecule has 0 aliphatic heterocycles. The first-order chi connectivity index (χ1) is 10.7. The molecule has 2 aromatic rings. The second-order valence-electron chi connectivity index (χ2n) is 5.61. The van der Waals surface area contributed by atoms with Crippen molar-refractivity contribution in [1.82, 2.24) is 15.1 Å². The van der Waals surface area contributed by atoms with Crippen LogP contribution in [-0.4, -0.2) is 22.3 Å². The van der Waals surface area contributed by atoms with E-state index in [-0.39, 0.29) is 5.91 Å². The predicted octanol–water partition coefficient (Wildman–Crippen LogP) is 2.63. The molecule has 3 rings (SSSR count). The molecule has 22 heavy (non-hydrogen) atoms. The fraction of sp³-hybridized carbons (Fsp3) is 0.412. The largest absolute Gasteiger partial charge is 0.494 e. The summed E-state index contributed by atoms with van der Waals surface area (Å²) in [7, 11) is 1.90. The van der Waals surface area contributed by atoms with Crippen LogP contribution in [0.4, 0.5) is 0 Å². The van der Waals surface area contributed by atoms with Gasteiger partial charge >= 0.3 is 0 Å². The van der Waals surface area contributed by atoms with Crippen LogP contribution in [0.3, 0.4) is 0 Å². The van der Waals surface area contributed by atoms with Crippen LogP contribution in [-0.2, 0) is 13.6 Å². The summed E-state index contributed by atoms with van der Waals surface area (Å²) in [4.78, 5) is 12.2. The van der Waals surface area contributed by atoms with Gasteiger partial charge in [-0.15, -0.1) is 0 Å². The molecule has 1 aromatic carbocycles. The molecule has 1 aromatic heterocycles. The molecular formula is C17H21N3O2. The molecule has 5 nitrogen and oxygen atoms in total. The van der Waals surface area contributed by atoms with Crippen molar-refractivity contribution >= 4 is 5.91 Å². The van der Waals surface area contributed by atoms with Gasteiger partial charge in [0.1, 0.15) is 11.4 Å². The third kappa shape index (κ3) is 3.30. The summed E-state index contributed by atoms with van der Waals surface area (Å²) in [5.41, 5.74) is 2.69. The van der Waals surface area contributed by atoms with Crippen molar-refractivity contribution in [2.24, 2.45) is 7.05 Å². The van der Waals surface area contributed by atoms with E-state index >= 15 is 0 Å². The smallest absolute Gasteiger partial charge is 0.272 e. The molecule has 1 amide bonds. The first-order valence-electron chi connectivity index (χ1n) is 7.71. The first-order valence-corrected chi connectivity index (χ1v) is 7.71. The van der Waals surface area contributed by atoms with Gasteiger partial charge in [-0.3, -0.25) is 9.48 Å². The Bertz CT molecular complexity index is 657. The number of ether oxygens (including phenoxy) is 1. The first kappa shape index (κ1) is 14.6. The lowest BCUT2D eigenvalue weighted by atomic mass is 10.2. The third-order valence-electron chi connectivity index (χ3n) is 3.83. The summed E-state index contributed by atoms with van der Waals surface area (Å²) in [5.74, 6) is 1.30. The molecule has 1 saturated carbocycles. The van der Waals surface area contributed by atoms with Crippen molar-refractivity contribution in [3.8, 4) is 5.75 Å². The van der Waals surface area contributed by atoms with Gasteiger partial charge in [-0.05, 0) is 43.5 Å². The summed E-state index contributed by atoms with van der Waals surface area (Å²) in [6.07, 6.45) is 2.40. The highest BCUT2D eigenvalue weighted by Crippen LogP contribution is 2.39. The van der Waals surface area contributed by atoms with Gasteiger partial charge in [0.25, 0.3) is 5.91 Å². The SMILES string of the molecule is CCOc1ccc(CNC(=O)c2cc(C3CC3)n(C)n2)cc1. The zero-order valence-corrected chi connectivity index (χ0v) is 13.0. The van der Waals surface area contributed by atoms with Crippen molar-refractivity contribution in [2.45, 2.75) is 32.2 Å². The van der Waals surface area contributed by atoms with Crippen molar-refractivity contribution in [1.29, 1.82) is 0 Å². The van der Waals surface area contributed by atoms with E-state index in [2.05, 4.69) is 10.4 Å². The molecule has 0 atom stereocenters. The molecule has 1 aliphatic carbocycles. The molecule has 116 valence electrons. The molecule has 5 heteroatoms. The predicted molar refractivity (Wildman–Crippen MR) is 84.0 cm³/mol. The van der Waals surface area contributed by atoms with Crippen LogP contribution in [0, 0.1) is 0 Å². The van der Waals surface area contributed by atoms with Crippen LogP contribution >= 0.6 is 0 Å². The van der Waals surface area contributed by atoms with Crippen LogP contribution in [0.2, 0.25) is 0 Å². The van der Waals surface area contributed by atoms with Crippen LogP contribution in [0.1, 0.15) is 47.4 Å². The van der Waals surface area contributed by atoms with Crippen molar-refractivity contribution in [3.63, 3.8) is 0 Å². The number of rotatable bonds is 6. The zero-order valence-electron chi connectivity index (χ0n) is 13.0. The van der Waals surface area contributed by atoms with Gasteiger partial charge < -0.3 is 10.1 Å². The molecule has 0 unspecified atom stereocenters. The Morgan fingerprint density at radius 3 is 2.73 bits per heavy atom. The number of nitrogens with one attached hydrogen (secondary N) is 1. The minimum absolute atomic E-state index is 0.128. The summed E-state index contributed by atoms with van der Waals surface area (Å²) < 4.78 is 7.22. The summed E-state index contributed by atoms with van der Waals surface area (Å²) in [5, 5.41) is 7.22. The molecule has 1 fully saturated rings. The minimum Gasteiger partial charge on any atom is -0.494 e. The van der Waals surface area contributed by atoms with Crippen LogP contribution in [0.15, 0.2) is 30.3 Å². The van der Waals surface area contributed by atoms with Gasteiger partial charge in [0.05, 0.1) is 6.61 Å². The Labute approximate surface area is 130 Å². The van der Waals surface area contributed by atoms with E-state index in [0.717, 1.165) is 17.0 Å². The van der Waals surface area contributed by atoms with Gasteiger partial charge in [-0.25, -0.2) is 0 Å². The summed E-state index contributed by atoms with van der Waals surface area (Å²) >= 11 is 0. The second-order valence-corrected chi connectivity index (χ2v) is 5.61. The van der Waals surface area contributed by atoms with E-state index < -0.39 is 0 Å². The number of carbonyl (C=O) groups excluding carboxylic acids is 1. The van der Waals surface area contributed by atoms with E-state index in [9.17, 15) is 4.79 Å². The highest BCUT2D eigenvalue weighted by atomic mass is 16.5. The van der Waals surface area contributed by atoms with Crippen molar-refractivity contribution in [2.75, 3.05) is 6.61 Å². The summed E-state index contributed by atoms with van der Waals surface area (Å²) in [6.45, 7) is 3.09. The van der Waals surface area contributed by atoms with E-state index in [4.69, 9.17) is 4.74 Å². The average Bonchev–Trinajstić information content (AvgIpc) is 3.29. The molecule has 0 spiro atoms. The van der Waals surface area contributed by atoms with E-state index in [1.807, 2.05) is 49.0 Å². The molecule has 0 radical (unpaired) electrons. The lowest BCUT2D eigenvalue weighted by Crippen LogP contribution is -2.23. The Kier molecular flexibility index (Phi) is 4.13. The lowest BCUT2D eigenvalue weighted by Gasteiger charge is -2.06. The molecule has 0 saturated heterocycles. The Morgan fingerprint density at radius 2 is 2.09 bits per heavy atom. The molecule has 1 aliphatic rings. The van der Waals surface area contributed by atoms with Gasteiger partial charge in [0, 0.05) is 25.2 Å². The topological polar surface area (TPSA) is 56.1 Å². The van der Waals surface area contributed by atoms with Gasteiger partial charge in [0.15, 0.2) is 0 Å². The van der Waals surface area contributed by atoms with Crippen LogP contribution < -0.4 is 10.1 Å². The maximum absolute atomic E-state index is 12.2. The number of carbonyl (C=O) groups is 1. The van der Waals surface area contributed by atoms with Gasteiger partial charge in [-0.2, -0.15) is 5.10 Å². The van der Waals surface area contributed by atoms with Crippen molar-refractivity contribution < 1.29 is 9.53 Å². The average molecular weight is 299 g/mol. The Hall–Kier alpha value is -2.30. The number of aromatic nitrogens is 2. The quantitative estimate of drug-likeness (QED) is 0.892. The van der Waals surface area contributed by atoms with Crippen LogP contribution in [0.5, 0.6) is 5.75 Å². The third-order valence-corrected chi connectivity index (χ3v) is 3.83. The van der Waals surface area contributed by atoms with Crippen molar-refractivity contribution in [3.05, 3.63) is 47.3 Å². The molecule has 0 bridgehead atoms. The van der Waals surface area contributed by atoms with E-state index in [1.165, 1.54) is 12.8 Å². The maximum Gasteiger partial charge on any atom is 0.272 e. The number of benzene rings is 1. The molecule has 1 N–H and O–H groups in total. The molecule has 1 heterocycles. The number of nitrogens with zero attached hydrogens (tertiary/aromatic N) is 2. The normalized spacial score (nSPS) is 13.9. The highest BCUT2D eigenvalue weighted by Gasteiger charge is 2.28. The Morgan fingerprint density at radius 1 is 1.36 bits per heavy atom. The fourth-order valence-electron chi connectivity index (χ4n) is 2.50. The standard InChI is InChI=1S/C17H21N3O2/c1-3-22-14-8-4-12(5-9-14)11-18-17(21)15-10-16(13-6-7-13)20(2)19-15/h4-5,8-10,13H,3,6-7,11H2,1-2H3,(H,18,21). The van der Waals surface area contributed by atoms with E-state index in [1.54, 1.807) is 0 Å². The van der Waals surface area contributed by atoms with Gasteiger partial charge in [-0.1, -0.05) is 12.1 Å². The number of hydrogen-bond acceptors (Lipinski definition) is 3. The number of amides is 1. The lowest BCUT2D eigenvalue weighted by molar-refractivity contribution is 0.0945. The Balaban J connectivity index is 1.58. The van der Waals surface area contributed by atoms with E-state index in [0.29, 0.717) is 24.8 Å². The number of hydrogen-bond donors (Lipinski definition) is 1.